The van der Waals surface area contributed by atoms with Crippen LogP contribution in [0.5, 0.6) is 0 Å². The Balaban J connectivity index is 1.66. The highest BCUT2D eigenvalue weighted by Crippen LogP contribution is 2.25. The van der Waals surface area contributed by atoms with E-state index in [4.69, 9.17) is 11.6 Å². The van der Waals surface area contributed by atoms with Gasteiger partial charge < -0.3 is 4.90 Å². The van der Waals surface area contributed by atoms with Gasteiger partial charge in [0.1, 0.15) is 0 Å². The highest BCUT2D eigenvalue weighted by atomic mass is 35.5. The van der Waals surface area contributed by atoms with E-state index in [0.717, 1.165) is 5.02 Å². The van der Waals surface area contributed by atoms with E-state index in [9.17, 15) is 0 Å². The normalized spacial score (nSPS) is 17.4. The molecular formula is C20H24ClN. The lowest BCUT2D eigenvalue weighted by atomic mass is 9.96. The average molecular weight is 314 g/mol. The van der Waals surface area contributed by atoms with Crippen LogP contribution in [0.1, 0.15) is 37.7 Å². The second-order valence-corrected chi connectivity index (χ2v) is 6.83. The number of benzene rings is 2. The fraction of sp³-hybridized carbons (Fsp3) is 0.400. The molecule has 1 aliphatic heterocycles. The van der Waals surface area contributed by atoms with E-state index in [2.05, 4.69) is 48.2 Å². The van der Waals surface area contributed by atoms with Crippen molar-refractivity contribution < 1.29 is 0 Å². The van der Waals surface area contributed by atoms with Crippen molar-refractivity contribution >= 4 is 11.6 Å². The summed E-state index contributed by atoms with van der Waals surface area (Å²) in [4.78, 5) is 2.61. The van der Waals surface area contributed by atoms with Crippen LogP contribution in [-0.4, -0.2) is 24.5 Å². The third kappa shape index (κ3) is 3.91. The van der Waals surface area contributed by atoms with Gasteiger partial charge >= 0.3 is 0 Å². The van der Waals surface area contributed by atoms with E-state index in [0.29, 0.717) is 5.92 Å². The zero-order valence-corrected chi connectivity index (χ0v) is 14.0. The van der Waals surface area contributed by atoms with Gasteiger partial charge in [-0.05, 0) is 60.7 Å². The number of hydrogen-bond acceptors (Lipinski definition) is 1. The lowest BCUT2D eigenvalue weighted by Crippen LogP contribution is -2.32. The summed E-state index contributed by atoms with van der Waals surface area (Å²) < 4.78 is 0. The standard InChI is InChI=1S/C20H24ClN/c1-16(15-22-13-3-2-4-14-22)17-5-7-18(8-6-17)19-9-11-20(21)12-10-19/h5-12,16H,2-4,13-15H2,1H3. The molecule has 2 aromatic rings. The van der Waals surface area contributed by atoms with Crippen LogP contribution in [0.25, 0.3) is 11.1 Å². The van der Waals surface area contributed by atoms with E-state index in [1.165, 1.54) is 55.6 Å². The summed E-state index contributed by atoms with van der Waals surface area (Å²) in [7, 11) is 0. The molecule has 1 fully saturated rings. The zero-order valence-electron chi connectivity index (χ0n) is 13.3. The van der Waals surface area contributed by atoms with Crippen molar-refractivity contribution in [1.29, 1.82) is 0 Å². The van der Waals surface area contributed by atoms with Gasteiger partial charge in [0, 0.05) is 11.6 Å². The summed E-state index contributed by atoms with van der Waals surface area (Å²) >= 11 is 5.95. The molecule has 0 spiro atoms. The molecule has 22 heavy (non-hydrogen) atoms. The van der Waals surface area contributed by atoms with Crippen molar-refractivity contribution in [1.82, 2.24) is 4.90 Å². The first kappa shape index (κ1) is 15.6. The molecule has 0 amide bonds. The van der Waals surface area contributed by atoms with Crippen molar-refractivity contribution in [2.24, 2.45) is 0 Å². The fourth-order valence-corrected chi connectivity index (χ4v) is 3.41. The topological polar surface area (TPSA) is 3.24 Å². The fourth-order valence-electron chi connectivity index (χ4n) is 3.28. The van der Waals surface area contributed by atoms with E-state index < -0.39 is 0 Å². The maximum absolute atomic E-state index is 5.95. The van der Waals surface area contributed by atoms with Gasteiger partial charge in [-0.15, -0.1) is 0 Å². The minimum absolute atomic E-state index is 0.595. The van der Waals surface area contributed by atoms with Crippen LogP contribution in [0.3, 0.4) is 0 Å². The Hall–Kier alpha value is -1.31. The second-order valence-electron chi connectivity index (χ2n) is 6.39. The molecule has 2 aromatic carbocycles. The lowest BCUT2D eigenvalue weighted by molar-refractivity contribution is 0.219. The number of halogens is 1. The number of piperidine rings is 1. The van der Waals surface area contributed by atoms with Crippen molar-refractivity contribution in [2.45, 2.75) is 32.1 Å². The van der Waals surface area contributed by atoms with Gasteiger partial charge in [0.25, 0.3) is 0 Å². The van der Waals surface area contributed by atoms with Gasteiger partial charge in [-0.3, -0.25) is 0 Å². The van der Waals surface area contributed by atoms with Crippen molar-refractivity contribution in [3.8, 4) is 11.1 Å². The summed E-state index contributed by atoms with van der Waals surface area (Å²) in [6.45, 7) is 6.06. The molecule has 3 rings (SSSR count). The van der Waals surface area contributed by atoms with Gasteiger partial charge in [0.2, 0.25) is 0 Å². The Morgan fingerprint density at radius 1 is 0.864 bits per heavy atom. The quantitative estimate of drug-likeness (QED) is 0.710. The Morgan fingerprint density at radius 2 is 1.41 bits per heavy atom. The average Bonchev–Trinajstić information content (AvgIpc) is 2.57. The molecule has 1 atom stereocenters. The minimum atomic E-state index is 0.595. The molecule has 0 aromatic heterocycles. The maximum atomic E-state index is 5.95. The van der Waals surface area contributed by atoms with E-state index in [1.54, 1.807) is 0 Å². The van der Waals surface area contributed by atoms with Crippen LogP contribution < -0.4 is 0 Å². The molecule has 1 saturated heterocycles. The Bertz CT molecular complexity index is 582. The number of nitrogens with zero attached hydrogens (tertiary/aromatic N) is 1. The van der Waals surface area contributed by atoms with Crippen molar-refractivity contribution in [3.63, 3.8) is 0 Å². The first-order chi connectivity index (χ1) is 10.7. The molecule has 1 unspecified atom stereocenters. The molecule has 1 heterocycles. The summed E-state index contributed by atoms with van der Waals surface area (Å²) in [5.74, 6) is 0.595. The molecule has 1 aliphatic rings. The summed E-state index contributed by atoms with van der Waals surface area (Å²) in [5.41, 5.74) is 3.91. The SMILES string of the molecule is CC(CN1CCCCC1)c1ccc(-c2ccc(Cl)cc2)cc1. The van der Waals surface area contributed by atoms with Gasteiger partial charge in [0.15, 0.2) is 0 Å². The van der Waals surface area contributed by atoms with Crippen LogP contribution in [-0.2, 0) is 0 Å². The summed E-state index contributed by atoms with van der Waals surface area (Å²) in [6, 6.07) is 17.1. The Labute approximate surface area is 138 Å². The van der Waals surface area contributed by atoms with E-state index in [-0.39, 0.29) is 0 Å². The third-order valence-electron chi connectivity index (χ3n) is 4.64. The molecule has 0 N–H and O–H groups in total. The van der Waals surface area contributed by atoms with Gasteiger partial charge in [-0.25, -0.2) is 0 Å². The van der Waals surface area contributed by atoms with Crippen LogP contribution >= 0.6 is 11.6 Å². The van der Waals surface area contributed by atoms with Crippen LogP contribution in [0.2, 0.25) is 5.02 Å². The number of hydrogen-bond donors (Lipinski definition) is 0. The summed E-state index contributed by atoms with van der Waals surface area (Å²) in [6.07, 6.45) is 4.13. The predicted molar refractivity (Wildman–Crippen MR) is 95.6 cm³/mol. The monoisotopic (exact) mass is 313 g/mol. The lowest BCUT2D eigenvalue weighted by Gasteiger charge is -2.29. The smallest absolute Gasteiger partial charge is 0.0406 e. The van der Waals surface area contributed by atoms with Gasteiger partial charge in [-0.2, -0.15) is 0 Å². The number of rotatable bonds is 4. The highest BCUT2D eigenvalue weighted by Gasteiger charge is 2.14. The first-order valence-corrected chi connectivity index (χ1v) is 8.68. The van der Waals surface area contributed by atoms with Gasteiger partial charge in [-0.1, -0.05) is 61.3 Å². The minimum Gasteiger partial charge on any atom is -0.303 e. The molecular weight excluding hydrogens is 290 g/mol. The molecule has 0 saturated carbocycles. The molecule has 116 valence electrons. The molecule has 2 heteroatoms. The predicted octanol–water partition coefficient (Wildman–Crippen LogP) is 5.60. The largest absolute Gasteiger partial charge is 0.303 e. The van der Waals surface area contributed by atoms with Crippen LogP contribution in [0, 0.1) is 0 Å². The highest BCUT2D eigenvalue weighted by molar-refractivity contribution is 6.30. The van der Waals surface area contributed by atoms with Crippen molar-refractivity contribution in [3.05, 3.63) is 59.1 Å². The second kappa shape index (κ2) is 7.30. The molecule has 0 aliphatic carbocycles. The summed E-state index contributed by atoms with van der Waals surface area (Å²) in [5, 5.41) is 0.788. The Kier molecular flexibility index (Phi) is 5.17. The van der Waals surface area contributed by atoms with Crippen molar-refractivity contribution in [2.75, 3.05) is 19.6 Å². The number of likely N-dealkylation sites (tertiary alicyclic amines) is 1. The maximum Gasteiger partial charge on any atom is 0.0406 e. The van der Waals surface area contributed by atoms with E-state index in [1.807, 2.05) is 12.1 Å². The first-order valence-electron chi connectivity index (χ1n) is 8.30. The van der Waals surface area contributed by atoms with E-state index >= 15 is 0 Å². The van der Waals surface area contributed by atoms with Gasteiger partial charge in [0.05, 0.1) is 0 Å². The molecule has 0 radical (unpaired) electrons. The van der Waals surface area contributed by atoms with Crippen LogP contribution in [0.4, 0.5) is 0 Å². The third-order valence-corrected chi connectivity index (χ3v) is 4.89. The molecule has 0 bridgehead atoms. The molecule has 1 nitrogen and oxygen atoms in total. The Morgan fingerprint density at radius 3 is 2.00 bits per heavy atom. The van der Waals surface area contributed by atoms with Crippen LogP contribution in [0.15, 0.2) is 48.5 Å². The zero-order chi connectivity index (χ0) is 15.4.